The largest absolute Gasteiger partial charge is 0.497 e. The van der Waals surface area contributed by atoms with E-state index in [1.165, 1.54) is 0 Å². The average Bonchev–Trinajstić information content (AvgIpc) is 2.21. The second-order valence-corrected chi connectivity index (χ2v) is 1.72. The third kappa shape index (κ3) is 18.6. The van der Waals surface area contributed by atoms with Gasteiger partial charge in [0, 0.05) is 0 Å². The molecular weight excluding hydrogens is 196 g/mol. The van der Waals surface area contributed by atoms with Crippen molar-refractivity contribution in [2.24, 2.45) is 0 Å². The van der Waals surface area contributed by atoms with Crippen molar-refractivity contribution in [1.29, 1.82) is 10.8 Å². The maximum atomic E-state index is 8.35. The van der Waals surface area contributed by atoms with Crippen LogP contribution in [0.5, 0.6) is 5.75 Å². The standard InChI is InChI=1S/C7H8O.2CHNO.CH4/c1-8-7-5-3-2-4-6-7;2*2-1-3;/h2-6H,1H3;2*2H;1H4. The molecular formula is C10H14N2O3. The van der Waals surface area contributed by atoms with Crippen LogP contribution in [0, 0.1) is 10.8 Å². The van der Waals surface area contributed by atoms with Gasteiger partial charge in [-0.2, -0.15) is 0 Å². The van der Waals surface area contributed by atoms with Crippen molar-refractivity contribution in [3.8, 4) is 5.75 Å². The van der Waals surface area contributed by atoms with Gasteiger partial charge in [-0.15, -0.1) is 0 Å². The molecule has 1 rings (SSSR count). The van der Waals surface area contributed by atoms with Crippen LogP contribution in [0.2, 0.25) is 0 Å². The highest BCUT2D eigenvalue weighted by Crippen LogP contribution is 2.05. The van der Waals surface area contributed by atoms with E-state index >= 15 is 0 Å². The number of hydrogen-bond acceptors (Lipinski definition) is 5. The van der Waals surface area contributed by atoms with Crippen molar-refractivity contribution in [3.05, 3.63) is 30.3 Å². The summed E-state index contributed by atoms with van der Waals surface area (Å²) in [6.45, 7) is 0. The molecule has 1 aromatic rings. The van der Waals surface area contributed by atoms with E-state index in [4.69, 9.17) is 25.1 Å². The lowest BCUT2D eigenvalue weighted by Crippen LogP contribution is -1.78. The molecule has 0 aliphatic carbocycles. The highest BCUT2D eigenvalue weighted by atomic mass is 16.5. The maximum Gasteiger partial charge on any atom is 0.231 e. The van der Waals surface area contributed by atoms with Gasteiger partial charge in [0.15, 0.2) is 0 Å². The predicted molar refractivity (Wildman–Crippen MR) is 56.6 cm³/mol. The third-order valence-electron chi connectivity index (χ3n) is 0.979. The van der Waals surface area contributed by atoms with Gasteiger partial charge in [-0.25, -0.2) is 20.4 Å². The Balaban J connectivity index is -0.000000177. The average molecular weight is 210 g/mol. The van der Waals surface area contributed by atoms with Crippen LogP contribution < -0.4 is 4.74 Å². The molecule has 0 atom stereocenters. The van der Waals surface area contributed by atoms with Gasteiger partial charge in [-0.3, -0.25) is 0 Å². The van der Waals surface area contributed by atoms with Crippen LogP contribution in [0.4, 0.5) is 0 Å². The first-order valence-electron chi connectivity index (χ1n) is 3.43. The fourth-order valence-corrected chi connectivity index (χ4v) is 0.557. The van der Waals surface area contributed by atoms with Crippen LogP contribution in [0.3, 0.4) is 0 Å². The molecule has 0 saturated heterocycles. The lowest BCUT2D eigenvalue weighted by Gasteiger charge is -1.93. The summed E-state index contributed by atoms with van der Waals surface area (Å²) in [7, 11) is 1.66. The zero-order chi connectivity index (χ0) is 11.2. The molecule has 0 saturated carbocycles. The van der Waals surface area contributed by atoms with E-state index in [0.29, 0.717) is 0 Å². The monoisotopic (exact) mass is 210 g/mol. The number of carbonyl (C=O) groups excluding carboxylic acids is 2. The number of ether oxygens (including phenoxy) is 1. The van der Waals surface area contributed by atoms with E-state index in [2.05, 4.69) is 0 Å². The maximum absolute atomic E-state index is 8.35. The number of benzene rings is 1. The van der Waals surface area contributed by atoms with E-state index in [1.54, 1.807) is 7.11 Å². The molecule has 0 bridgehead atoms. The lowest BCUT2D eigenvalue weighted by molar-refractivity contribution is 0.415. The van der Waals surface area contributed by atoms with E-state index in [-0.39, 0.29) is 7.43 Å². The summed E-state index contributed by atoms with van der Waals surface area (Å²) in [6, 6.07) is 9.68. The van der Waals surface area contributed by atoms with E-state index in [1.807, 2.05) is 30.3 Å². The molecule has 0 amide bonds. The van der Waals surface area contributed by atoms with Crippen LogP contribution in [-0.2, 0) is 9.59 Å². The summed E-state index contributed by atoms with van der Waals surface area (Å²) < 4.78 is 4.91. The topological polar surface area (TPSA) is 91.1 Å². The zero-order valence-electron chi connectivity index (χ0n) is 7.61. The lowest BCUT2D eigenvalue weighted by atomic mass is 10.3. The number of para-hydroxylation sites is 1. The first-order valence-corrected chi connectivity index (χ1v) is 3.43. The van der Waals surface area contributed by atoms with Gasteiger partial charge in [0.25, 0.3) is 0 Å². The molecule has 0 aliphatic rings. The smallest absolute Gasteiger partial charge is 0.231 e. The highest BCUT2D eigenvalue weighted by molar-refractivity contribution is 5.26. The fraction of sp³-hybridized carbons (Fsp3) is 0.200. The van der Waals surface area contributed by atoms with Crippen molar-refractivity contribution in [3.63, 3.8) is 0 Å². The van der Waals surface area contributed by atoms with Crippen molar-refractivity contribution < 1.29 is 14.3 Å². The molecule has 2 N–H and O–H groups in total. The van der Waals surface area contributed by atoms with Gasteiger partial charge in [0.2, 0.25) is 12.2 Å². The van der Waals surface area contributed by atoms with Gasteiger partial charge in [-0.05, 0) is 12.1 Å². The summed E-state index contributed by atoms with van der Waals surface area (Å²) in [5.74, 6) is 0.910. The minimum Gasteiger partial charge on any atom is -0.497 e. The molecule has 82 valence electrons. The van der Waals surface area contributed by atoms with Crippen LogP contribution in [-0.4, -0.2) is 19.3 Å². The minimum atomic E-state index is 0. The normalized spacial score (nSPS) is 5.67. The van der Waals surface area contributed by atoms with Crippen molar-refractivity contribution >= 4 is 12.2 Å². The molecule has 1 aromatic carbocycles. The van der Waals surface area contributed by atoms with Gasteiger partial charge >= 0.3 is 0 Å². The summed E-state index contributed by atoms with van der Waals surface area (Å²) in [6.07, 6.45) is 1.50. The molecule has 0 fully saturated rings. The molecule has 15 heavy (non-hydrogen) atoms. The Morgan fingerprint density at radius 1 is 1.07 bits per heavy atom. The van der Waals surface area contributed by atoms with Gasteiger partial charge in [-0.1, -0.05) is 25.6 Å². The van der Waals surface area contributed by atoms with Gasteiger partial charge in [0.05, 0.1) is 7.11 Å². The van der Waals surface area contributed by atoms with Crippen molar-refractivity contribution in [2.75, 3.05) is 7.11 Å². The Labute approximate surface area is 88.7 Å². The third-order valence-corrected chi connectivity index (χ3v) is 0.979. The van der Waals surface area contributed by atoms with Crippen LogP contribution in [0.25, 0.3) is 0 Å². The Morgan fingerprint density at radius 3 is 1.60 bits per heavy atom. The van der Waals surface area contributed by atoms with E-state index < -0.39 is 0 Å². The molecule has 0 unspecified atom stereocenters. The Hall–Kier alpha value is -2.22. The molecule has 0 radical (unpaired) electrons. The first kappa shape index (κ1) is 18.5. The Morgan fingerprint density at radius 2 is 1.40 bits per heavy atom. The van der Waals surface area contributed by atoms with Gasteiger partial charge in [0.1, 0.15) is 5.75 Å². The number of rotatable bonds is 1. The molecule has 0 aromatic heterocycles. The number of methoxy groups -OCH3 is 1. The molecule has 5 heteroatoms. The van der Waals surface area contributed by atoms with Crippen molar-refractivity contribution in [1.82, 2.24) is 0 Å². The number of nitrogens with one attached hydrogen (secondary N) is 2. The number of isocyanates is 2. The number of hydrogen-bond donors (Lipinski definition) is 2. The van der Waals surface area contributed by atoms with E-state index in [9.17, 15) is 0 Å². The molecule has 0 heterocycles. The highest BCUT2D eigenvalue weighted by Gasteiger charge is 1.80. The summed E-state index contributed by atoms with van der Waals surface area (Å²) in [5.41, 5.74) is 0. The Bertz CT molecular complexity index is 275. The van der Waals surface area contributed by atoms with Crippen molar-refractivity contribution in [2.45, 2.75) is 7.43 Å². The molecule has 5 nitrogen and oxygen atoms in total. The fourth-order valence-electron chi connectivity index (χ4n) is 0.557. The van der Waals surface area contributed by atoms with E-state index in [0.717, 1.165) is 17.9 Å². The second kappa shape index (κ2) is 17.8. The summed E-state index contributed by atoms with van der Waals surface area (Å²) in [5, 5.41) is 10.8. The molecule has 0 aliphatic heterocycles. The van der Waals surface area contributed by atoms with Gasteiger partial charge < -0.3 is 4.74 Å². The van der Waals surface area contributed by atoms with Crippen LogP contribution in [0.15, 0.2) is 30.3 Å². The summed E-state index contributed by atoms with van der Waals surface area (Å²) >= 11 is 0. The predicted octanol–water partition coefficient (Wildman–Crippen LogP) is 2.13. The second-order valence-electron chi connectivity index (χ2n) is 1.72. The van der Waals surface area contributed by atoms with Crippen LogP contribution in [0.1, 0.15) is 7.43 Å². The SMILES string of the molecule is C.COc1ccccc1.N=C=O.N=C=O. The molecule has 0 spiro atoms. The summed E-state index contributed by atoms with van der Waals surface area (Å²) in [4.78, 5) is 16.7. The minimum absolute atomic E-state index is 0. The Kier molecular flexibility index (Phi) is 22.0. The first-order chi connectivity index (χ1) is 6.76. The van der Waals surface area contributed by atoms with Crippen LogP contribution >= 0.6 is 0 Å². The zero-order valence-corrected chi connectivity index (χ0v) is 7.61. The quantitative estimate of drug-likeness (QED) is 0.549.